The van der Waals surface area contributed by atoms with E-state index in [1.54, 1.807) is 11.3 Å². The summed E-state index contributed by atoms with van der Waals surface area (Å²) in [5.74, 6) is 1.61. The van der Waals surface area contributed by atoms with Crippen molar-refractivity contribution < 1.29 is 7.58 Å². The fraction of sp³-hybridized carbons (Fsp3) is 0.0385. The van der Waals surface area contributed by atoms with Gasteiger partial charge in [-0.1, -0.05) is 66.2 Å². The first-order chi connectivity index (χ1) is 15.3. The van der Waals surface area contributed by atoms with Gasteiger partial charge in [-0.3, -0.25) is 0 Å². The van der Waals surface area contributed by atoms with Crippen LogP contribution in [-0.4, -0.2) is 20.9 Å². The quantitative estimate of drug-likeness (QED) is 0.271. The Bertz CT molecular complexity index is 1280. The van der Waals surface area contributed by atoms with Gasteiger partial charge in [-0.05, 0) is 54.4 Å². The van der Waals surface area contributed by atoms with Crippen molar-refractivity contribution in [3.05, 3.63) is 103 Å². The van der Waals surface area contributed by atoms with Crippen molar-refractivity contribution in [2.24, 2.45) is 0 Å². The normalized spacial score (nSPS) is 10.7. The second-order valence-corrected chi connectivity index (χ2v) is 8.90. The molecule has 31 heavy (non-hydrogen) atoms. The molecule has 0 saturated heterocycles. The number of aromatic nitrogens is 1. The van der Waals surface area contributed by atoms with E-state index in [2.05, 4.69) is 49.4 Å². The van der Waals surface area contributed by atoms with Gasteiger partial charge in [0.1, 0.15) is 5.01 Å². The van der Waals surface area contributed by atoms with Crippen LogP contribution >= 0.6 is 11.3 Å². The summed E-state index contributed by atoms with van der Waals surface area (Å²) in [7, 11) is 0. The number of para-hydroxylation sites is 1. The Balaban J connectivity index is 1.31. The minimum Gasteiger partial charge on any atom is -0.616 e. The molecule has 1 radical (unpaired) electrons. The van der Waals surface area contributed by atoms with Crippen molar-refractivity contribution in [1.29, 1.82) is 0 Å². The summed E-state index contributed by atoms with van der Waals surface area (Å²) in [5, 5.41) is 0.964. The van der Waals surface area contributed by atoms with Gasteiger partial charge in [-0.2, -0.15) is 0 Å². The molecule has 5 rings (SSSR count). The molecule has 5 heteroatoms. The van der Waals surface area contributed by atoms with Crippen molar-refractivity contribution in [3.63, 3.8) is 0 Å². The third kappa shape index (κ3) is 4.50. The summed E-state index contributed by atoms with van der Waals surface area (Å²) in [6.45, 7) is 2.08. The number of fused-ring (bicyclic) bond motifs is 1. The molecule has 0 fully saturated rings. The zero-order valence-corrected chi connectivity index (χ0v) is 19.0. The lowest BCUT2D eigenvalue weighted by Crippen LogP contribution is -2.11. The summed E-state index contributed by atoms with van der Waals surface area (Å²) in [4.78, 5) is 4.80. The molecule has 0 aliphatic carbocycles. The van der Waals surface area contributed by atoms with Gasteiger partial charge in [0.05, 0.1) is 21.7 Å². The van der Waals surface area contributed by atoms with Gasteiger partial charge in [0.2, 0.25) is 0 Å². The smallest absolute Gasteiger partial charge is 0.616 e. The van der Waals surface area contributed by atoms with E-state index in [0.717, 1.165) is 27.6 Å². The molecule has 4 aromatic carbocycles. The first-order valence-corrected chi connectivity index (χ1v) is 11.8. The van der Waals surface area contributed by atoms with Crippen LogP contribution in [0.25, 0.3) is 31.9 Å². The lowest BCUT2D eigenvalue weighted by atomic mass is 10.1. The number of hydrogen-bond acceptors (Lipinski definition) is 4. The molecule has 0 amide bonds. The number of hydrogen-bond donors (Lipinski definition) is 0. The van der Waals surface area contributed by atoms with Crippen LogP contribution < -0.4 is 7.58 Å². The number of benzene rings is 4. The maximum absolute atomic E-state index is 6.09. The maximum atomic E-state index is 6.09. The van der Waals surface area contributed by atoms with E-state index in [1.165, 1.54) is 21.4 Å². The zero-order valence-electron chi connectivity index (χ0n) is 17.0. The average molecular weight is 436 g/mol. The van der Waals surface area contributed by atoms with E-state index in [9.17, 15) is 0 Å². The summed E-state index contributed by atoms with van der Waals surface area (Å²) in [5.41, 5.74) is 5.56. The minimum absolute atomic E-state index is 0.698. The van der Waals surface area contributed by atoms with E-state index in [-0.39, 0.29) is 0 Å². The number of rotatable bonds is 6. The molecular weight excluding hydrogens is 417 g/mol. The SMILES string of the molecule is Cc1ccc([O][Al][O]c2ccc(-c3ccccc3)cc2)c(-c2nc3ccccc3s2)c1. The Kier molecular flexibility index (Phi) is 5.73. The van der Waals surface area contributed by atoms with Crippen LogP contribution in [0.15, 0.2) is 97.1 Å². The fourth-order valence-electron chi connectivity index (χ4n) is 3.39. The average Bonchev–Trinajstić information content (AvgIpc) is 3.25. The van der Waals surface area contributed by atoms with E-state index in [0.29, 0.717) is 0 Å². The largest absolute Gasteiger partial charge is 0.881 e. The highest BCUT2D eigenvalue weighted by atomic mass is 32.1. The topological polar surface area (TPSA) is 31.4 Å². The summed E-state index contributed by atoms with van der Waals surface area (Å²) in [6.07, 6.45) is 0. The Labute approximate surface area is 192 Å². The third-order valence-electron chi connectivity index (χ3n) is 4.98. The Morgan fingerprint density at radius 3 is 2.29 bits per heavy atom. The molecule has 0 spiro atoms. The first kappa shape index (κ1) is 19.8. The van der Waals surface area contributed by atoms with Crippen LogP contribution in [-0.2, 0) is 0 Å². The predicted octanol–water partition coefficient (Wildman–Crippen LogP) is 6.93. The third-order valence-corrected chi connectivity index (χ3v) is 6.77. The van der Waals surface area contributed by atoms with E-state index < -0.39 is 15.9 Å². The molecule has 5 aromatic rings. The molecular formula is C26H19AlNO2S. The highest BCUT2D eigenvalue weighted by Gasteiger charge is 2.14. The van der Waals surface area contributed by atoms with Gasteiger partial charge in [-0.25, -0.2) is 4.98 Å². The van der Waals surface area contributed by atoms with Crippen molar-refractivity contribution >= 4 is 37.4 Å². The van der Waals surface area contributed by atoms with Crippen LogP contribution in [0.1, 0.15) is 5.56 Å². The molecule has 0 atom stereocenters. The number of thiazole rings is 1. The van der Waals surface area contributed by atoms with Crippen molar-refractivity contribution in [3.8, 4) is 33.2 Å². The van der Waals surface area contributed by atoms with Crippen LogP contribution in [0.3, 0.4) is 0 Å². The maximum Gasteiger partial charge on any atom is 0.881 e. The molecule has 149 valence electrons. The standard InChI is InChI=1S/C14H11NOS.C12H10O.Al/c1-9-6-7-12(16)10(8-9)14-15-11-4-2-3-5-13(11)17-14;13-12-8-6-11(7-9-12)10-4-2-1-3-5-10;/h2-8,16H,1H3;1-9,13H;/q;;+2/p-2. The fourth-order valence-corrected chi connectivity index (χ4v) is 5.00. The molecule has 0 aliphatic heterocycles. The zero-order chi connectivity index (χ0) is 21.0. The van der Waals surface area contributed by atoms with Crippen LogP contribution in [0.5, 0.6) is 11.5 Å². The summed E-state index contributed by atoms with van der Waals surface area (Å²) >= 11 is 0.982. The molecule has 0 bridgehead atoms. The van der Waals surface area contributed by atoms with Crippen LogP contribution in [0.4, 0.5) is 0 Å². The van der Waals surface area contributed by atoms with Crippen molar-refractivity contribution in [1.82, 2.24) is 4.98 Å². The highest BCUT2D eigenvalue weighted by molar-refractivity contribution is 7.21. The lowest BCUT2D eigenvalue weighted by molar-refractivity contribution is 0.460. The van der Waals surface area contributed by atoms with Gasteiger partial charge in [-0.15, -0.1) is 11.3 Å². The second-order valence-electron chi connectivity index (χ2n) is 7.21. The predicted molar refractivity (Wildman–Crippen MR) is 129 cm³/mol. The molecule has 0 saturated carbocycles. The Morgan fingerprint density at radius 1 is 0.742 bits per heavy atom. The molecule has 0 aliphatic rings. The van der Waals surface area contributed by atoms with Gasteiger partial charge < -0.3 is 7.58 Å². The van der Waals surface area contributed by atoms with Gasteiger partial charge >= 0.3 is 15.9 Å². The lowest BCUT2D eigenvalue weighted by Gasteiger charge is -2.12. The van der Waals surface area contributed by atoms with Gasteiger partial charge in [0.15, 0.2) is 0 Å². The van der Waals surface area contributed by atoms with E-state index >= 15 is 0 Å². The second kappa shape index (κ2) is 8.95. The Hall–Kier alpha value is -3.10. The van der Waals surface area contributed by atoms with Gasteiger partial charge in [0, 0.05) is 5.56 Å². The van der Waals surface area contributed by atoms with Crippen LogP contribution in [0, 0.1) is 6.92 Å². The van der Waals surface area contributed by atoms with E-state index in [1.807, 2.05) is 54.6 Å². The molecule has 3 nitrogen and oxygen atoms in total. The van der Waals surface area contributed by atoms with Crippen LogP contribution in [0.2, 0.25) is 0 Å². The minimum atomic E-state index is -0.698. The molecule has 1 heterocycles. The van der Waals surface area contributed by atoms with Gasteiger partial charge in [0.25, 0.3) is 0 Å². The molecule has 0 N–H and O–H groups in total. The highest BCUT2D eigenvalue weighted by Crippen LogP contribution is 2.36. The first-order valence-electron chi connectivity index (χ1n) is 10.0. The number of aryl methyl sites for hydroxylation is 1. The monoisotopic (exact) mass is 436 g/mol. The summed E-state index contributed by atoms with van der Waals surface area (Å²) in [6, 6.07) is 32.8. The Morgan fingerprint density at radius 2 is 1.48 bits per heavy atom. The van der Waals surface area contributed by atoms with Crippen molar-refractivity contribution in [2.75, 3.05) is 0 Å². The molecule has 0 unspecified atom stereocenters. The van der Waals surface area contributed by atoms with Crippen molar-refractivity contribution in [2.45, 2.75) is 6.92 Å². The summed E-state index contributed by atoms with van der Waals surface area (Å²) < 4.78 is 13.2. The van der Waals surface area contributed by atoms with E-state index in [4.69, 9.17) is 12.6 Å². The number of nitrogens with zero attached hydrogens (tertiary/aromatic N) is 1. The molecule has 1 aromatic heterocycles.